The molecule has 166 valence electrons. The van der Waals surface area contributed by atoms with Crippen LogP contribution in [0.1, 0.15) is 82.4 Å². The number of likely N-dealkylation sites (tertiary alicyclic amines) is 1. The Morgan fingerprint density at radius 1 is 1.16 bits per heavy atom. The van der Waals surface area contributed by atoms with Crippen LogP contribution >= 0.6 is 0 Å². The number of piperidine rings is 1. The maximum atomic E-state index is 13.6. The monoisotopic (exact) mass is 423 g/mol. The first-order valence-corrected chi connectivity index (χ1v) is 11.9. The van der Waals surface area contributed by atoms with Crippen LogP contribution in [0.25, 0.3) is 10.9 Å². The number of fused-ring (bicyclic) bond motifs is 2. The second kappa shape index (κ2) is 7.64. The highest BCUT2D eigenvalue weighted by atomic mass is 16.4. The van der Waals surface area contributed by atoms with Gasteiger partial charge in [0.2, 0.25) is 5.91 Å². The van der Waals surface area contributed by atoms with E-state index in [1.54, 1.807) is 0 Å². The largest absolute Gasteiger partial charge is 0.481 e. The SMILES string of the molecule is CC(C)(CC(=O)N1CCCC2C(C(=O)O)CCCC21)c1[nH]nc2cccc(C3CC3)c12. The summed E-state index contributed by atoms with van der Waals surface area (Å²) in [7, 11) is 0. The Bertz CT molecular complexity index is 1010. The van der Waals surface area contributed by atoms with Crippen molar-refractivity contribution in [2.24, 2.45) is 11.8 Å². The molecule has 5 rings (SSSR count). The van der Waals surface area contributed by atoms with Gasteiger partial charge in [0.15, 0.2) is 0 Å². The highest BCUT2D eigenvalue weighted by Crippen LogP contribution is 2.46. The topological polar surface area (TPSA) is 86.3 Å². The average molecular weight is 424 g/mol. The molecule has 1 aliphatic heterocycles. The van der Waals surface area contributed by atoms with Crippen molar-refractivity contribution in [1.82, 2.24) is 15.1 Å². The number of carboxylic acids is 1. The number of H-pyrrole nitrogens is 1. The van der Waals surface area contributed by atoms with Gasteiger partial charge in [-0.1, -0.05) is 32.4 Å². The standard InChI is InChI=1S/C25H33N3O3/c1-25(2,23-22-16(15-11-12-15)6-3-9-19(22)26-27-23)14-21(29)28-13-5-8-17-18(24(30)31)7-4-10-20(17)28/h3,6,9,15,17-18,20H,4-5,7-8,10-14H2,1-2H3,(H,26,27)(H,30,31). The molecule has 2 saturated carbocycles. The van der Waals surface area contributed by atoms with Gasteiger partial charge in [0.05, 0.1) is 11.4 Å². The summed E-state index contributed by atoms with van der Waals surface area (Å²) in [6.45, 7) is 5.01. The van der Waals surface area contributed by atoms with Gasteiger partial charge in [-0.05, 0) is 62.0 Å². The summed E-state index contributed by atoms with van der Waals surface area (Å²) in [6, 6.07) is 6.41. The molecule has 6 heteroatoms. The molecule has 3 unspecified atom stereocenters. The summed E-state index contributed by atoms with van der Waals surface area (Å²) in [6.07, 6.45) is 7.25. The van der Waals surface area contributed by atoms with Gasteiger partial charge < -0.3 is 10.0 Å². The van der Waals surface area contributed by atoms with E-state index < -0.39 is 5.97 Å². The third-order valence-electron chi connectivity index (χ3n) is 7.90. The van der Waals surface area contributed by atoms with E-state index in [-0.39, 0.29) is 29.2 Å². The Morgan fingerprint density at radius 3 is 2.71 bits per heavy atom. The molecular formula is C25H33N3O3. The van der Waals surface area contributed by atoms with Crippen LogP contribution in [0.5, 0.6) is 0 Å². The molecule has 3 fully saturated rings. The van der Waals surface area contributed by atoms with Crippen LogP contribution in [0.4, 0.5) is 0 Å². The van der Waals surface area contributed by atoms with E-state index in [2.05, 4.69) is 36.2 Å². The predicted octanol–water partition coefficient (Wildman–Crippen LogP) is 4.60. The number of carboxylic acid groups (broad SMARTS) is 1. The van der Waals surface area contributed by atoms with Crippen LogP contribution < -0.4 is 0 Å². The number of aromatic amines is 1. The highest BCUT2D eigenvalue weighted by Gasteiger charge is 2.44. The lowest BCUT2D eigenvalue weighted by atomic mass is 9.71. The van der Waals surface area contributed by atoms with Crippen LogP contribution in [-0.2, 0) is 15.0 Å². The first-order valence-electron chi connectivity index (χ1n) is 11.9. The number of carbonyl (C=O) groups excluding carboxylic acids is 1. The molecule has 6 nitrogen and oxygen atoms in total. The van der Waals surface area contributed by atoms with Gasteiger partial charge in [0.25, 0.3) is 0 Å². The number of nitrogens with one attached hydrogen (secondary N) is 1. The molecule has 31 heavy (non-hydrogen) atoms. The highest BCUT2D eigenvalue weighted by molar-refractivity contribution is 5.88. The zero-order valence-electron chi connectivity index (χ0n) is 18.6. The van der Waals surface area contributed by atoms with Gasteiger partial charge in [0.1, 0.15) is 0 Å². The van der Waals surface area contributed by atoms with E-state index in [0.717, 1.165) is 49.9 Å². The molecule has 0 radical (unpaired) electrons. The average Bonchev–Trinajstić information content (AvgIpc) is 3.49. The Labute approximate surface area is 183 Å². The molecule has 3 aliphatic rings. The van der Waals surface area contributed by atoms with Crippen molar-refractivity contribution in [2.45, 2.75) is 82.6 Å². The lowest BCUT2D eigenvalue weighted by Crippen LogP contribution is -2.54. The van der Waals surface area contributed by atoms with E-state index in [1.807, 2.05) is 11.0 Å². The first-order chi connectivity index (χ1) is 14.9. The zero-order chi connectivity index (χ0) is 21.8. The fourth-order valence-corrected chi connectivity index (χ4v) is 6.19. The number of benzene rings is 1. The molecule has 1 aromatic carbocycles. The van der Waals surface area contributed by atoms with Crippen LogP contribution in [-0.4, -0.2) is 44.7 Å². The van der Waals surface area contributed by atoms with Crippen molar-refractivity contribution < 1.29 is 14.7 Å². The van der Waals surface area contributed by atoms with Gasteiger partial charge in [-0.2, -0.15) is 5.10 Å². The van der Waals surface area contributed by atoms with E-state index >= 15 is 0 Å². The minimum Gasteiger partial charge on any atom is -0.481 e. The second-order valence-corrected chi connectivity index (χ2v) is 10.5. The predicted molar refractivity (Wildman–Crippen MR) is 119 cm³/mol. The first kappa shape index (κ1) is 20.5. The number of amides is 1. The van der Waals surface area contributed by atoms with Crippen LogP contribution in [0.3, 0.4) is 0 Å². The lowest BCUT2D eigenvalue weighted by molar-refractivity contribution is -0.152. The summed E-state index contributed by atoms with van der Waals surface area (Å²) in [4.78, 5) is 27.3. The van der Waals surface area contributed by atoms with Gasteiger partial charge in [-0.25, -0.2) is 0 Å². The van der Waals surface area contributed by atoms with Crippen LogP contribution in [0.2, 0.25) is 0 Å². The van der Waals surface area contributed by atoms with E-state index in [9.17, 15) is 14.7 Å². The van der Waals surface area contributed by atoms with Gasteiger partial charge in [-0.3, -0.25) is 14.7 Å². The molecule has 1 saturated heterocycles. The Balaban J connectivity index is 1.40. The fraction of sp³-hybridized carbons (Fsp3) is 0.640. The molecule has 0 spiro atoms. The number of hydrogen-bond acceptors (Lipinski definition) is 3. The van der Waals surface area contributed by atoms with E-state index in [4.69, 9.17) is 0 Å². The molecule has 2 N–H and O–H groups in total. The van der Waals surface area contributed by atoms with Crippen molar-refractivity contribution in [3.63, 3.8) is 0 Å². The second-order valence-electron chi connectivity index (χ2n) is 10.5. The Morgan fingerprint density at radius 2 is 1.97 bits per heavy atom. The van der Waals surface area contributed by atoms with E-state index in [0.29, 0.717) is 12.3 Å². The number of rotatable bonds is 5. The maximum absolute atomic E-state index is 13.6. The zero-order valence-corrected chi connectivity index (χ0v) is 18.6. The van der Waals surface area contributed by atoms with Crippen molar-refractivity contribution in [3.05, 3.63) is 29.5 Å². The third kappa shape index (κ3) is 3.64. The molecule has 3 atom stereocenters. The molecule has 0 bridgehead atoms. The lowest BCUT2D eigenvalue weighted by Gasteiger charge is -2.47. The number of nitrogens with zero attached hydrogens (tertiary/aromatic N) is 2. The minimum absolute atomic E-state index is 0.0763. The third-order valence-corrected chi connectivity index (χ3v) is 7.90. The summed E-state index contributed by atoms with van der Waals surface area (Å²) >= 11 is 0. The maximum Gasteiger partial charge on any atom is 0.306 e. The summed E-state index contributed by atoms with van der Waals surface area (Å²) in [5.74, 6) is -0.135. The fourth-order valence-electron chi connectivity index (χ4n) is 6.19. The van der Waals surface area contributed by atoms with Gasteiger partial charge in [0, 0.05) is 35.5 Å². The van der Waals surface area contributed by atoms with Crippen molar-refractivity contribution in [3.8, 4) is 0 Å². The molecule has 2 aliphatic carbocycles. The molecular weight excluding hydrogens is 390 g/mol. The number of hydrogen-bond donors (Lipinski definition) is 2. The number of aromatic nitrogens is 2. The quantitative estimate of drug-likeness (QED) is 0.736. The molecule has 1 aromatic heterocycles. The Hall–Kier alpha value is -2.37. The molecule has 1 amide bonds. The van der Waals surface area contributed by atoms with Crippen LogP contribution in [0.15, 0.2) is 18.2 Å². The number of carbonyl (C=O) groups is 2. The normalized spacial score (nSPS) is 26.6. The van der Waals surface area contributed by atoms with E-state index in [1.165, 1.54) is 23.8 Å². The van der Waals surface area contributed by atoms with Crippen molar-refractivity contribution >= 4 is 22.8 Å². The van der Waals surface area contributed by atoms with Crippen molar-refractivity contribution in [2.75, 3.05) is 6.54 Å². The minimum atomic E-state index is -0.694. The van der Waals surface area contributed by atoms with Crippen LogP contribution in [0, 0.1) is 11.8 Å². The smallest absolute Gasteiger partial charge is 0.306 e. The van der Waals surface area contributed by atoms with Gasteiger partial charge in [-0.15, -0.1) is 0 Å². The molecule has 2 heterocycles. The summed E-state index contributed by atoms with van der Waals surface area (Å²) in [5, 5.41) is 18.7. The Kier molecular flexibility index (Phi) is 5.06. The number of aliphatic carboxylic acids is 1. The van der Waals surface area contributed by atoms with Gasteiger partial charge >= 0.3 is 5.97 Å². The summed E-state index contributed by atoms with van der Waals surface area (Å²) < 4.78 is 0. The van der Waals surface area contributed by atoms with Crippen molar-refractivity contribution in [1.29, 1.82) is 0 Å². The molecule has 2 aromatic rings. The summed E-state index contributed by atoms with van der Waals surface area (Å²) in [5.41, 5.74) is 3.02.